The van der Waals surface area contributed by atoms with E-state index in [9.17, 15) is 4.79 Å². The lowest BCUT2D eigenvalue weighted by atomic mass is 9.93. The molecule has 0 saturated heterocycles. The number of nitrogens with zero attached hydrogens (tertiary/aromatic N) is 1. The van der Waals surface area contributed by atoms with Crippen molar-refractivity contribution in [2.75, 3.05) is 14.2 Å². The Morgan fingerprint density at radius 1 is 1.23 bits per heavy atom. The SMILES string of the molecule is CNC1CCC(Oc2cc3c(=O)[nH]cnc3cc2OC)CC1. The van der Waals surface area contributed by atoms with Gasteiger partial charge in [0.25, 0.3) is 5.56 Å². The van der Waals surface area contributed by atoms with Gasteiger partial charge in [0.15, 0.2) is 11.5 Å². The summed E-state index contributed by atoms with van der Waals surface area (Å²) in [7, 11) is 3.59. The van der Waals surface area contributed by atoms with Gasteiger partial charge < -0.3 is 19.8 Å². The summed E-state index contributed by atoms with van der Waals surface area (Å²) in [4.78, 5) is 18.6. The van der Waals surface area contributed by atoms with Crippen molar-refractivity contribution < 1.29 is 9.47 Å². The Bertz CT molecular complexity index is 705. The fourth-order valence-corrected chi connectivity index (χ4v) is 2.98. The minimum atomic E-state index is -0.170. The molecular formula is C16H21N3O3. The Hall–Kier alpha value is -2.08. The second-order valence-electron chi connectivity index (χ2n) is 5.63. The summed E-state index contributed by atoms with van der Waals surface area (Å²) in [5, 5.41) is 3.82. The van der Waals surface area contributed by atoms with E-state index in [-0.39, 0.29) is 11.7 Å². The van der Waals surface area contributed by atoms with Crippen LogP contribution in [0.25, 0.3) is 10.9 Å². The topological polar surface area (TPSA) is 76.2 Å². The average Bonchev–Trinajstić information content (AvgIpc) is 2.56. The predicted octanol–water partition coefficient (Wildman–Crippen LogP) is 1.84. The summed E-state index contributed by atoms with van der Waals surface area (Å²) in [6.07, 6.45) is 5.74. The van der Waals surface area contributed by atoms with E-state index in [2.05, 4.69) is 15.3 Å². The molecule has 1 fully saturated rings. The molecule has 0 aliphatic heterocycles. The van der Waals surface area contributed by atoms with Crippen molar-refractivity contribution in [1.29, 1.82) is 0 Å². The van der Waals surface area contributed by atoms with Gasteiger partial charge >= 0.3 is 0 Å². The fourth-order valence-electron chi connectivity index (χ4n) is 2.98. The molecule has 3 rings (SSSR count). The van der Waals surface area contributed by atoms with E-state index in [1.165, 1.54) is 6.33 Å². The van der Waals surface area contributed by atoms with Crippen LogP contribution in [-0.2, 0) is 0 Å². The molecule has 22 heavy (non-hydrogen) atoms. The Morgan fingerprint density at radius 3 is 2.68 bits per heavy atom. The molecule has 0 spiro atoms. The Labute approximate surface area is 128 Å². The van der Waals surface area contributed by atoms with Gasteiger partial charge in [-0.2, -0.15) is 0 Å². The molecule has 1 aliphatic rings. The van der Waals surface area contributed by atoms with E-state index in [1.54, 1.807) is 19.2 Å². The van der Waals surface area contributed by atoms with Crippen molar-refractivity contribution in [1.82, 2.24) is 15.3 Å². The van der Waals surface area contributed by atoms with Crippen LogP contribution in [0.4, 0.5) is 0 Å². The zero-order valence-corrected chi connectivity index (χ0v) is 12.9. The monoisotopic (exact) mass is 303 g/mol. The van der Waals surface area contributed by atoms with E-state index in [0.717, 1.165) is 25.7 Å². The van der Waals surface area contributed by atoms with E-state index >= 15 is 0 Å². The van der Waals surface area contributed by atoms with Crippen molar-refractivity contribution in [2.24, 2.45) is 0 Å². The molecule has 1 aromatic carbocycles. The molecule has 1 heterocycles. The molecule has 2 aromatic rings. The van der Waals surface area contributed by atoms with Gasteiger partial charge in [-0.1, -0.05) is 0 Å². The summed E-state index contributed by atoms with van der Waals surface area (Å²) >= 11 is 0. The standard InChI is InChI=1S/C16H21N3O3/c1-17-10-3-5-11(6-4-10)22-15-7-12-13(8-14(15)21-2)18-9-19-16(12)20/h7-11,17H,3-6H2,1-2H3,(H,18,19,20). The first-order chi connectivity index (χ1) is 10.7. The van der Waals surface area contributed by atoms with Crippen molar-refractivity contribution in [2.45, 2.75) is 37.8 Å². The van der Waals surface area contributed by atoms with Crippen LogP contribution < -0.4 is 20.3 Å². The molecule has 1 saturated carbocycles. The summed E-state index contributed by atoms with van der Waals surface area (Å²) in [6, 6.07) is 4.05. The highest BCUT2D eigenvalue weighted by Gasteiger charge is 2.22. The summed E-state index contributed by atoms with van der Waals surface area (Å²) in [6.45, 7) is 0. The van der Waals surface area contributed by atoms with Gasteiger partial charge in [0.1, 0.15) is 0 Å². The maximum Gasteiger partial charge on any atom is 0.258 e. The van der Waals surface area contributed by atoms with Crippen LogP contribution in [0.2, 0.25) is 0 Å². The maximum absolute atomic E-state index is 11.9. The molecule has 0 amide bonds. The van der Waals surface area contributed by atoms with Gasteiger partial charge in [0, 0.05) is 12.1 Å². The van der Waals surface area contributed by atoms with Gasteiger partial charge in [-0.15, -0.1) is 0 Å². The van der Waals surface area contributed by atoms with E-state index in [4.69, 9.17) is 9.47 Å². The number of hydrogen-bond donors (Lipinski definition) is 2. The molecule has 6 heteroatoms. The van der Waals surface area contributed by atoms with Crippen LogP contribution in [0.1, 0.15) is 25.7 Å². The zero-order valence-electron chi connectivity index (χ0n) is 12.9. The number of aromatic amines is 1. The number of benzene rings is 1. The highest BCUT2D eigenvalue weighted by molar-refractivity contribution is 5.81. The minimum absolute atomic E-state index is 0.159. The number of fused-ring (bicyclic) bond motifs is 1. The number of nitrogens with one attached hydrogen (secondary N) is 2. The molecular weight excluding hydrogens is 282 g/mol. The lowest BCUT2D eigenvalue weighted by Crippen LogP contribution is -2.34. The van der Waals surface area contributed by atoms with Gasteiger partial charge in [0.2, 0.25) is 0 Å². The molecule has 1 aromatic heterocycles. The zero-order chi connectivity index (χ0) is 15.5. The smallest absolute Gasteiger partial charge is 0.258 e. The van der Waals surface area contributed by atoms with E-state index < -0.39 is 0 Å². The van der Waals surface area contributed by atoms with Gasteiger partial charge in [-0.05, 0) is 38.8 Å². The summed E-state index contributed by atoms with van der Waals surface area (Å²) in [5.74, 6) is 1.22. The van der Waals surface area contributed by atoms with Crippen LogP contribution in [0.15, 0.2) is 23.3 Å². The van der Waals surface area contributed by atoms with Crippen molar-refractivity contribution in [3.8, 4) is 11.5 Å². The quantitative estimate of drug-likeness (QED) is 0.901. The first-order valence-corrected chi connectivity index (χ1v) is 7.60. The first kappa shape index (κ1) is 14.8. The molecule has 1 aliphatic carbocycles. The number of hydrogen-bond acceptors (Lipinski definition) is 5. The van der Waals surface area contributed by atoms with Crippen molar-refractivity contribution in [3.05, 3.63) is 28.8 Å². The van der Waals surface area contributed by atoms with Crippen LogP contribution in [0.3, 0.4) is 0 Å². The fraction of sp³-hybridized carbons (Fsp3) is 0.500. The number of methoxy groups -OCH3 is 1. The Balaban J connectivity index is 1.86. The Morgan fingerprint density at radius 2 is 2.00 bits per heavy atom. The highest BCUT2D eigenvalue weighted by atomic mass is 16.5. The summed E-state index contributed by atoms with van der Waals surface area (Å²) in [5.41, 5.74) is 0.434. The first-order valence-electron chi connectivity index (χ1n) is 7.60. The van der Waals surface area contributed by atoms with E-state index in [0.29, 0.717) is 28.4 Å². The largest absolute Gasteiger partial charge is 0.493 e. The van der Waals surface area contributed by atoms with E-state index in [1.807, 2.05) is 7.05 Å². The van der Waals surface area contributed by atoms with Crippen LogP contribution in [0.5, 0.6) is 11.5 Å². The number of ether oxygens (including phenoxy) is 2. The number of rotatable bonds is 4. The van der Waals surface area contributed by atoms with Gasteiger partial charge in [-0.3, -0.25) is 4.79 Å². The Kier molecular flexibility index (Phi) is 4.29. The second-order valence-corrected chi connectivity index (χ2v) is 5.63. The van der Waals surface area contributed by atoms with Gasteiger partial charge in [-0.25, -0.2) is 4.98 Å². The average molecular weight is 303 g/mol. The van der Waals surface area contributed by atoms with Gasteiger partial charge in [0.05, 0.1) is 30.4 Å². The predicted molar refractivity (Wildman–Crippen MR) is 84.6 cm³/mol. The van der Waals surface area contributed by atoms with Crippen LogP contribution >= 0.6 is 0 Å². The second kappa shape index (κ2) is 6.36. The van der Waals surface area contributed by atoms with Crippen molar-refractivity contribution >= 4 is 10.9 Å². The van der Waals surface area contributed by atoms with Crippen LogP contribution in [-0.4, -0.2) is 36.3 Å². The molecule has 118 valence electrons. The summed E-state index contributed by atoms with van der Waals surface area (Å²) < 4.78 is 11.5. The molecule has 0 atom stereocenters. The molecule has 0 unspecified atom stereocenters. The molecule has 0 bridgehead atoms. The normalized spacial score (nSPS) is 21.7. The van der Waals surface area contributed by atoms with Crippen LogP contribution in [0, 0.1) is 0 Å². The number of aromatic nitrogens is 2. The van der Waals surface area contributed by atoms with Crippen molar-refractivity contribution in [3.63, 3.8) is 0 Å². The molecule has 6 nitrogen and oxygen atoms in total. The third kappa shape index (κ3) is 2.92. The third-order valence-electron chi connectivity index (χ3n) is 4.30. The highest BCUT2D eigenvalue weighted by Crippen LogP contribution is 2.33. The molecule has 0 radical (unpaired) electrons. The lowest BCUT2D eigenvalue weighted by Gasteiger charge is -2.29. The minimum Gasteiger partial charge on any atom is -0.493 e. The third-order valence-corrected chi connectivity index (χ3v) is 4.30. The lowest BCUT2D eigenvalue weighted by molar-refractivity contribution is 0.137. The maximum atomic E-state index is 11.9. The molecule has 2 N–H and O–H groups in total. The number of H-pyrrole nitrogens is 1.